The number of thiol groups is 1. The first-order valence-electron chi connectivity index (χ1n) is 6.15. The van der Waals surface area contributed by atoms with Crippen LogP contribution in [0.15, 0.2) is 41.1 Å². The molecule has 3 rings (SSSR count). The van der Waals surface area contributed by atoms with Gasteiger partial charge in [-0.3, -0.25) is 4.98 Å². The van der Waals surface area contributed by atoms with Gasteiger partial charge in [-0.15, -0.1) is 0 Å². The Hall–Kier alpha value is -1.39. The quantitative estimate of drug-likeness (QED) is 0.644. The number of nitrogens with zero attached hydrogens (tertiary/aromatic N) is 3. The topological polar surface area (TPSA) is 52.0 Å². The molecule has 21 heavy (non-hydrogen) atoms. The van der Waals surface area contributed by atoms with Crippen LogP contribution in [0.5, 0.6) is 0 Å². The van der Waals surface area contributed by atoms with E-state index < -0.39 is 0 Å². The van der Waals surface area contributed by atoms with Gasteiger partial charge in [-0.05, 0) is 43.3 Å². The van der Waals surface area contributed by atoms with Crippen molar-refractivity contribution in [1.82, 2.24) is 9.29 Å². The third-order valence-corrected chi connectivity index (χ3v) is 5.25. The third kappa shape index (κ3) is 2.58. The highest BCUT2D eigenvalue weighted by Crippen LogP contribution is 2.40. The minimum atomic E-state index is -0.227. The average molecular weight is 335 g/mol. The van der Waals surface area contributed by atoms with Gasteiger partial charge in [0.05, 0.1) is 21.8 Å². The second-order valence-corrected chi connectivity index (χ2v) is 6.55. The van der Waals surface area contributed by atoms with Gasteiger partial charge in [0, 0.05) is 11.6 Å². The zero-order valence-electron chi connectivity index (χ0n) is 11.0. The minimum absolute atomic E-state index is 0.227. The zero-order chi connectivity index (χ0) is 15.0. The molecular formula is C14H11ClN4S2. The second kappa shape index (κ2) is 5.78. The van der Waals surface area contributed by atoms with E-state index in [2.05, 4.69) is 29.0 Å². The molecule has 4 nitrogen and oxygen atoms in total. The Morgan fingerprint density at radius 3 is 3.05 bits per heavy atom. The van der Waals surface area contributed by atoms with Gasteiger partial charge < -0.3 is 5.32 Å². The third-order valence-electron chi connectivity index (χ3n) is 3.18. The lowest BCUT2D eigenvalue weighted by atomic mass is 10.2. The lowest BCUT2D eigenvalue weighted by Gasteiger charge is -2.13. The molecular weight excluding hydrogens is 324 g/mol. The predicted molar refractivity (Wildman–Crippen MR) is 91.1 cm³/mol. The van der Waals surface area contributed by atoms with Crippen LogP contribution >= 0.6 is 36.2 Å². The van der Waals surface area contributed by atoms with Crippen molar-refractivity contribution in [1.29, 1.82) is 5.26 Å². The fraction of sp³-hybridized carbons (Fsp3) is 0.143. The van der Waals surface area contributed by atoms with Gasteiger partial charge in [-0.25, -0.2) is 4.31 Å². The highest BCUT2D eigenvalue weighted by Gasteiger charge is 2.29. The standard InChI is InChI=1S/C14H11ClN4S2/c1-19-14(20)9(7-16)13(21-19)18-12-8-3-2-6-17-11(8)5-4-10(12)15/h2-6,14,18,20H,1H3. The SMILES string of the molecule is CN1SC(Nc2c(Cl)ccc3ncccc23)=C(C#N)C1S. The fourth-order valence-corrected chi connectivity index (χ4v) is 3.63. The fourth-order valence-electron chi connectivity index (χ4n) is 2.11. The van der Waals surface area contributed by atoms with E-state index in [1.807, 2.05) is 29.6 Å². The van der Waals surface area contributed by atoms with Crippen LogP contribution in [0.2, 0.25) is 5.02 Å². The summed E-state index contributed by atoms with van der Waals surface area (Å²) in [6, 6.07) is 9.68. The molecule has 0 aliphatic carbocycles. The molecule has 1 N–H and O–H groups in total. The Labute approximate surface area is 137 Å². The van der Waals surface area contributed by atoms with Crippen molar-refractivity contribution in [3.05, 3.63) is 46.1 Å². The molecule has 1 unspecified atom stereocenters. The Morgan fingerprint density at radius 2 is 2.29 bits per heavy atom. The molecule has 1 aromatic carbocycles. The lowest BCUT2D eigenvalue weighted by Crippen LogP contribution is -2.15. The molecule has 0 fully saturated rings. The maximum Gasteiger partial charge on any atom is 0.105 e. The first kappa shape index (κ1) is 14.5. The van der Waals surface area contributed by atoms with E-state index in [0.29, 0.717) is 10.6 Å². The summed E-state index contributed by atoms with van der Waals surface area (Å²) in [6.45, 7) is 0. The van der Waals surface area contributed by atoms with Crippen LogP contribution < -0.4 is 5.32 Å². The van der Waals surface area contributed by atoms with Crippen LogP contribution in [-0.4, -0.2) is 21.7 Å². The number of fused-ring (bicyclic) bond motifs is 1. The van der Waals surface area contributed by atoms with E-state index in [9.17, 15) is 5.26 Å². The Morgan fingerprint density at radius 1 is 1.48 bits per heavy atom. The number of pyridine rings is 1. The number of rotatable bonds is 2. The zero-order valence-corrected chi connectivity index (χ0v) is 13.5. The summed E-state index contributed by atoms with van der Waals surface area (Å²) in [5, 5.41) is 14.6. The number of benzene rings is 1. The summed E-state index contributed by atoms with van der Waals surface area (Å²) < 4.78 is 1.90. The maximum atomic E-state index is 9.30. The van der Waals surface area contributed by atoms with E-state index in [1.54, 1.807) is 12.3 Å². The molecule has 2 aromatic rings. The van der Waals surface area contributed by atoms with Gasteiger partial charge in [-0.2, -0.15) is 17.9 Å². The maximum absolute atomic E-state index is 9.30. The van der Waals surface area contributed by atoms with Crippen molar-refractivity contribution in [2.75, 3.05) is 12.4 Å². The van der Waals surface area contributed by atoms with Gasteiger partial charge in [0.25, 0.3) is 0 Å². The van der Waals surface area contributed by atoms with E-state index in [-0.39, 0.29) is 5.37 Å². The van der Waals surface area contributed by atoms with Gasteiger partial charge in [0.1, 0.15) is 16.5 Å². The van der Waals surface area contributed by atoms with Gasteiger partial charge in [-0.1, -0.05) is 11.6 Å². The van der Waals surface area contributed by atoms with Crippen molar-refractivity contribution < 1.29 is 0 Å². The first-order chi connectivity index (χ1) is 10.1. The average Bonchev–Trinajstić information content (AvgIpc) is 2.76. The number of hydrogen-bond acceptors (Lipinski definition) is 6. The molecule has 1 atom stereocenters. The predicted octanol–water partition coefficient (Wildman–Crippen LogP) is 3.88. The minimum Gasteiger partial charge on any atom is -0.347 e. The van der Waals surface area contributed by atoms with Crippen molar-refractivity contribution in [3.8, 4) is 6.07 Å². The molecule has 7 heteroatoms. The Bertz CT molecular complexity index is 784. The van der Waals surface area contributed by atoms with E-state index in [0.717, 1.165) is 21.6 Å². The highest BCUT2D eigenvalue weighted by molar-refractivity contribution is 8.02. The highest BCUT2D eigenvalue weighted by atomic mass is 35.5. The largest absolute Gasteiger partial charge is 0.347 e. The lowest BCUT2D eigenvalue weighted by molar-refractivity contribution is 0.604. The molecule has 2 heterocycles. The summed E-state index contributed by atoms with van der Waals surface area (Å²) >= 11 is 12.2. The van der Waals surface area contributed by atoms with Crippen LogP contribution in [0, 0.1) is 11.3 Å². The molecule has 1 aliphatic heterocycles. The van der Waals surface area contributed by atoms with Gasteiger partial charge in [0.15, 0.2) is 0 Å². The number of hydrogen-bond donors (Lipinski definition) is 2. The van der Waals surface area contributed by atoms with Crippen molar-refractivity contribution >= 4 is 52.8 Å². The Balaban J connectivity index is 2.09. The normalized spacial score (nSPS) is 19.0. The van der Waals surface area contributed by atoms with Crippen LogP contribution in [0.4, 0.5) is 5.69 Å². The van der Waals surface area contributed by atoms with Crippen LogP contribution in [0.1, 0.15) is 0 Å². The van der Waals surface area contributed by atoms with Crippen molar-refractivity contribution in [2.45, 2.75) is 5.37 Å². The van der Waals surface area contributed by atoms with Crippen LogP contribution in [0.25, 0.3) is 10.9 Å². The monoisotopic (exact) mass is 334 g/mol. The smallest absolute Gasteiger partial charge is 0.105 e. The molecule has 0 radical (unpaired) electrons. The number of nitrogens with one attached hydrogen (secondary N) is 1. The molecule has 0 saturated carbocycles. The van der Waals surface area contributed by atoms with E-state index in [4.69, 9.17) is 11.6 Å². The Kier molecular flexibility index (Phi) is 4.00. The molecule has 0 saturated heterocycles. The molecule has 106 valence electrons. The summed E-state index contributed by atoms with van der Waals surface area (Å²) in [7, 11) is 1.89. The number of nitriles is 1. The van der Waals surface area contributed by atoms with Gasteiger partial charge >= 0.3 is 0 Å². The molecule has 0 spiro atoms. The number of likely N-dealkylation sites (N-methyl/N-ethyl adjacent to an activating group) is 1. The van der Waals surface area contributed by atoms with Crippen LogP contribution in [-0.2, 0) is 0 Å². The van der Waals surface area contributed by atoms with Gasteiger partial charge in [0.2, 0.25) is 0 Å². The molecule has 0 amide bonds. The molecule has 1 aliphatic rings. The molecule has 0 bridgehead atoms. The summed E-state index contributed by atoms with van der Waals surface area (Å²) in [6.07, 6.45) is 1.74. The summed E-state index contributed by atoms with van der Waals surface area (Å²) in [5.41, 5.74) is 2.19. The molecule has 1 aromatic heterocycles. The van der Waals surface area contributed by atoms with Crippen LogP contribution in [0.3, 0.4) is 0 Å². The van der Waals surface area contributed by atoms with Crippen molar-refractivity contribution in [2.24, 2.45) is 0 Å². The number of anilines is 1. The van der Waals surface area contributed by atoms with Crippen molar-refractivity contribution in [3.63, 3.8) is 0 Å². The first-order valence-corrected chi connectivity index (χ1v) is 7.82. The summed E-state index contributed by atoms with van der Waals surface area (Å²) in [4.78, 5) is 4.31. The summed E-state index contributed by atoms with van der Waals surface area (Å²) in [5.74, 6) is 0. The second-order valence-electron chi connectivity index (χ2n) is 4.48. The van der Waals surface area contributed by atoms with E-state index in [1.165, 1.54) is 11.9 Å². The number of halogens is 1. The van der Waals surface area contributed by atoms with E-state index >= 15 is 0 Å². The number of aromatic nitrogens is 1.